The van der Waals surface area contributed by atoms with Gasteiger partial charge in [-0.15, -0.1) is 0 Å². The van der Waals surface area contributed by atoms with Gasteiger partial charge in [-0.1, -0.05) is 42.5 Å². The Bertz CT molecular complexity index is 1520. The van der Waals surface area contributed by atoms with E-state index >= 15 is 0 Å². The molecule has 0 unspecified atom stereocenters. The lowest BCUT2D eigenvalue weighted by molar-refractivity contribution is 0.479. The van der Waals surface area contributed by atoms with Gasteiger partial charge in [0.15, 0.2) is 5.11 Å². The van der Waals surface area contributed by atoms with Crippen molar-refractivity contribution in [2.45, 2.75) is 19.0 Å². The monoisotopic (exact) mass is 502 g/mol. The first kappa shape index (κ1) is 23.0. The van der Waals surface area contributed by atoms with Crippen LogP contribution < -0.4 is 15.0 Å². The van der Waals surface area contributed by atoms with E-state index in [1.165, 1.54) is 0 Å². The van der Waals surface area contributed by atoms with E-state index in [1.54, 1.807) is 0 Å². The van der Waals surface area contributed by atoms with Gasteiger partial charge in [0, 0.05) is 30.0 Å². The van der Waals surface area contributed by atoms with Crippen molar-refractivity contribution in [2.24, 2.45) is 0 Å². The molecule has 0 bridgehead atoms. The highest BCUT2D eigenvalue weighted by molar-refractivity contribution is 7.80. The number of aryl methyl sites for hydroxylation is 1. The van der Waals surface area contributed by atoms with Crippen LogP contribution in [0.15, 0.2) is 122 Å². The molecule has 6 rings (SSSR count). The third kappa shape index (κ3) is 4.59. The van der Waals surface area contributed by atoms with E-state index in [0.29, 0.717) is 5.11 Å². The zero-order valence-electron chi connectivity index (χ0n) is 20.4. The van der Waals surface area contributed by atoms with Crippen LogP contribution >= 0.6 is 12.2 Å². The second-order valence-corrected chi connectivity index (χ2v) is 9.43. The summed E-state index contributed by atoms with van der Waals surface area (Å²) in [6, 6.07) is 34.4. The molecule has 6 heteroatoms. The Morgan fingerprint density at radius 2 is 1.57 bits per heavy atom. The number of nitrogens with one attached hydrogen (secondary N) is 1. The maximum absolute atomic E-state index is 6.13. The summed E-state index contributed by atoms with van der Waals surface area (Å²) in [7, 11) is 0. The Labute approximate surface area is 222 Å². The van der Waals surface area contributed by atoms with E-state index < -0.39 is 0 Å². The molecule has 3 aromatic carbocycles. The number of pyridine rings is 1. The normalized spacial score (nSPS) is 17.0. The zero-order chi connectivity index (χ0) is 25.2. The lowest BCUT2D eigenvalue weighted by Crippen LogP contribution is -2.29. The number of ether oxygens (including phenoxy) is 1. The predicted molar refractivity (Wildman–Crippen MR) is 151 cm³/mol. The minimum atomic E-state index is -0.0942. The molecule has 1 fully saturated rings. The van der Waals surface area contributed by atoms with Gasteiger partial charge >= 0.3 is 0 Å². The van der Waals surface area contributed by atoms with Crippen LogP contribution in [0.1, 0.15) is 28.9 Å². The number of thiocarbonyl (C=S) groups is 1. The Morgan fingerprint density at radius 1 is 0.811 bits per heavy atom. The molecule has 1 N–H and O–H groups in total. The van der Waals surface area contributed by atoms with Crippen LogP contribution in [-0.2, 0) is 0 Å². The van der Waals surface area contributed by atoms with Gasteiger partial charge in [-0.25, -0.2) is 0 Å². The number of benzene rings is 3. The van der Waals surface area contributed by atoms with Crippen molar-refractivity contribution in [3.8, 4) is 17.2 Å². The molecule has 1 aliphatic heterocycles. The molecule has 0 spiro atoms. The lowest BCUT2D eigenvalue weighted by Gasteiger charge is -2.27. The van der Waals surface area contributed by atoms with Gasteiger partial charge < -0.3 is 19.5 Å². The van der Waals surface area contributed by atoms with Crippen molar-refractivity contribution in [3.05, 3.63) is 139 Å². The first-order valence-electron chi connectivity index (χ1n) is 12.2. The van der Waals surface area contributed by atoms with Crippen molar-refractivity contribution in [2.75, 3.05) is 4.90 Å². The summed E-state index contributed by atoms with van der Waals surface area (Å²) in [5, 5.41) is 4.20. The van der Waals surface area contributed by atoms with Crippen LogP contribution in [0.2, 0.25) is 0 Å². The number of para-hydroxylation sites is 2. The van der Waals surface area contributed by atoms with Gasteiger partial charge in [-0.05, 0) is 90.9 Å². The van der Waals surface area contributed by atoms with Gasteiger partial charge in [0.25, 0.3) is 0 Å². The summed E-state index contributed by atoms with van der Waals surface area (Å²) in [6.07, 6.45) is 6.10. The van der Waals surface area contributed by atoms with E-state index in [1.807, 2.05) is 85.9 Å². The molecule has 0 aliphatic carbocycles. The first-order valence-corrected chi connectivity index (χ1v) is 12.7. The fraction of sp³-hybridized carbons (Fsp3) is 0.0968. The number of aromatic nitrogens is 2. The van der Waals surface area contributed by atoms with E-state index in [2.05, 4.69) is 62.5 Å². The summed E-state index contributed by atoms with van der Waals surface area (Å²) < 4.78 is 8.27. The average Bonchev–Trinajstić information content (AvgIpc) is 3.56. The second-order valence-electron chi connectivity index (χ2n) is 9.05. The summed E-state index contributed by atoms with van der Waals surface area (Å²) in [4.78, 5) is 6.84. The molecule has 2 aromatic heterocycles. The number of hydrogen-bond donors (Lipinski definition) is 1. The fourth-order valence-corrected chi connectivity index (χ4v) is 5.14. The topological polar surface area (TPSA) is 42.3 Å². The number of rotatable bonds is 6. The van der Waals surface area contributed by atoms with Crippen molar-refractivity contribution < 1.29 is 4.74 Å². The summed E-state index contributed by atoms with van der Waals surface area (Å²) >= 11 is 5.88. The predicted octanol–water partition coefficient (Wildman–Crippen LogP) is 7.15. The maximum atomic E-state index is 6.13. The van der Waals surface area contributed by atoms with Crippen LogP contribution in [-0.4, -0.2) is 14.7 Å². The zero-order valence-corrected chi connectivity index (χ0v) is 21.2. The molecule has 5 aromatic rings. The van der Waals surface area contributed by atoms with Crippen LogP contribution in [0.25, 0.3) is 5.69 Å². The number of nitrogens with zero attached hydrogens (tertiary/aromatic N) is 3. The first-order chi connectivity index (χ1) is 18.2. The highest BCUT2D eigenvalue weighted by atomic mass is 32.1. The highest BCUT2D eigenvalue weighted by Gasteiger charge is 2.41. The summed E-state index contributed by atoms with van der Waals surface area (Å²) in [5.41, 5.74) is 5.29. The highest BCUT2D eigenvalue weighted by Crippen LogP contribution is 2.42. The maximum Gasteiger partial charge on any atom is 0.174 e. The molecule has 2 atom stereocenters. The van der Waals surface area contributed by atoms with Crippen molar-refractivity contribution in [1.82, 2.24) is 14.9 Å². The molecule has 0 radical (unpaired) electrons. The van der Waals surface area contributed by atoms with Crippen molar-refractivity contribution in [3.63, 3.8) is 0 Å². The molecule has 1 aliphatic rings. The Kier molecular flexibility index (Phi) is 6.16. The molecule has 37 heavy (non-hydrogen) atoms. The molecule has 1 saturated heterocycles. The minimum absolute atomic E-state index is 0.0736. The molecule has 5 nitrogen and oxygen atoms in total. The van der Waals surface area contributed by atoms with Gasteiger partial charge in [-0.3, -0.25) is 4.98 Å². The standard InChI is InChI=1S/C31H26N4OS/c1-22-9-5-6-13-28(22)36-26-16-14-25(15-17-26)35-30(29(33-31(35)37)27-12-7-8-19-32-27)23-18-20-34(21-23)24-10-3-2-4-11-24/h2-21,29-30H,1H3,(H,33,37)/t29-,30-/m1/s1. The summed E-state index contributed by atoms with van der Waals surface area (Å²) in [6.45, 7) is 2.04. The van der Waals surface area contributed by atoms with Crippen molar-refractivity contribution in [1.29, 1.82) is 0 Å². The number of hydrogen-bond acceptors (Lipinski definition) is 3. The fourth-order valence-electron chi connectivity index (χ4n) is 4.79. The largest absolute Gasteiger partial charge is 0.457 e. The quantitative estimate of drug-likeness (QED) is 0.250. The van der Waals surface area contributed by atoms with Gasteiger partial charge in [-0.2, -0.15) is 0 Å². The van der Waals surface area contributed by atoms with Crippen LogP contribution in [0, 0.1) is 6.92 Å². The molecule has 0 saturated carbocycles. The summed E-state index contributed by atoms with van der Waals surface area (Å²) in [5.74, 6) is 1.63. The molecule has 3 heterocycles. The lowest BCUT2D eigenvalue weighted by atomic mass is 9.98. The van der Waals surface area contributed by atoms with Crippen LogP contribution in [0.5, 0.6) is 11.5 Å². The van der Waals surface area contributed by atoms with E-state index in [-0.39, 0.29) is 12.1 Å². The molecule has 0 amide bonds. The third-order valence-corrected chi connectivity index (χ3v) is 6.96. The van der Waals surface area contributed by atoms with Crippen molar-refractivity contribution >= 4 is 23.0 Å². The number of anilines is 1. The Balaban J connectivity index is 1.36. The van der Waals surface area contributed by atoms with Crippen LogP contribution in [0.3, 0.4) is 0 Å². The molecule has 182 valence electrons. The molecular formula is C31H26N4OS. The van der Waals surface area contributed by atoms with E-state index in [0.717, 1.165) is 39.7 Å². The SMILES string of the molecule is Cc1ccccc1Oc1ccc(N2C(=S)N[C@H](c3ccccn3)[C@H]2c2ccn(-c3ccccc3)c2)cc1. The molecular weight excluding hydrogens is 476 g/mol. The second kappa shape index (κ2) is 9.91. The van der Waals surface area contributed by atoms with E-state index in [9.17, 15) is 0 Å². The third-order valence-electron chi connectivity index (χ3n) is 6.65. The minimum Gasteiger partial charge on any atom is -0.457 e. The van der Waals surface area contributed by atoms with Gasteiger partial charge in [0.05, 0.1) is 17.8 Å². The van der Waals surface area contributed by atoms with Crippen LogP contribution in [0.4, 0.5) is 5.69 Å². The average molecular weight is 503 g/mol. The van der Waals surface area contributed by atoms with Gasteiger partial charge in [0.1, 0.15) is 11.5 Å². The van der Waals surface area contributed by atoms with Gasteiger partial charge in [0.2, 0.25) is 0 Å². The van der Waals surface area contributed by atoms with E-state index in [4.69, 9.17) is 17.0 Å². The smallest absolute Gasteiger partial charge is 0.174 e. The Morgan fingerprint density at radius 3 is 2.32 bits per heavy atom. The Hall–Kier alpha value is -4.42.